The van der Waals surface area contributed by atoms with Gasteiger partial charge in [0, 0.05) is 4.53 Å². The van der Waals surface area contributed by atoms with Crippen LogP contribution in [-0.4, -0.2) is 54.4 Å². The number of hydrogen-bond donors (Lipinski definition) is 1. The second-order valence-electron chi connectivity index (χ2n) is 0.343. The standard InChI is InChI=1S/Al.FHO3Si.Mg.5H/c;1-4-5(2)3;;;;;;/h;2H;;;;;;/q;;+2;;;;2*-1. The van der Waals surface area contributed by atoms with E-state index in [1.165, 1.54) is 0 Å². The third-order valence-electron chi connectivity index (χ3n) is 0.0660. The largest absolute Gasteiger partial charge is 2.00 e. The van der Waals surface area contributed by atoms with E-state index < -0.39 is 9.17 Å². The van der Waals surface area contributed by atoms with Crippen LogP contribution in [0.2, 0.25) is 0 Å². The average molecular weight is 152 g/mol. The van der Waals surface area contributed by atoms with Crippen molar-refractivity contribution in [2.45, 2.75) is 0 Å². The maximum Gasteiger partial charge on any atom is 2.00 e. The van der Waals surface area contributed by atoms with E-state index in [1.54, 1.807) is 0 Å². The van der Waals surface area contributed by atoms with E-state index in [0.29, 0.717) is 0 Å². The maximum atomic E-state index is 10.1. The van der Waals surface area contributed by atoms with Crippen molar-refractivity contribution in [1.29, 1.82) is 0 Å². The third kappa shape index (κ3) is 19.8. The van der Waals surface area contributed by atoms with Crippen molar-refractivity contribution in [3.63, 3.8) is 0 Å². The van der Waals surface area contributed by atoms with Gasteiger partial charge in [0.2, 0.25) is 0 Å². The Hall–Kier alpha value is 0.846. The zero-order chi connectivity index (χ0) is 4.28. The first kappa shape index (κ1) is 15.7. The number of rotatable bonds is 1. The van der Waals surface area contributed by atoms with Gasteiger partial charge >= 0.3 is 32.2 Å². The summed E-state index contributed by atoms with van der Waals surface area (Å²) in [6, 6.07) is 0. The summed E-state index contributed by atoms with van der Waals surface area (Å²) in [4.78, 5) is 7.31. The van der Waals surface area contributed by atoms with E-state index in [1.807, 2.05) is 0 Å². The molecule has 0 unspecified atom stereocenters. The molecule has 0 aliphatic carbocycles. The van der Waals surface area contributed by atoms with E-state index in [0.717, 1.165) is 0 Å². The third-order valence-corrected chi connectivity index (χ3v) is 0.198. The molecule has 0 bridgehead atoms. The molecule has 0 saturated carbocycles. The monoisotopic (exact) mass is 152 g/mol. The number of halogens is 1. The SMILES string of the molecule is O=[Si](O)OF.[AlH3].[H-].[H-].[Mg+2]. The van der Waals surface area contributed by atoms with Crippen LogP contribution in [0.3, 0.4) is 0 Å². The molecule has 0 aliphatic rings. The molecule has 40 valence electrons. The van der Waals surface area contributed by atoms with Crippen LogP contribution in [0.5, 0.6) is 0 Å². The van der Waals surface area contributed by atoms with Crippen LogP contribution in [0.15, 0.2) is 0 Å². The summed E-state index contributed by atoms with van der Waals surface area (Å²) in [5.74, 6) is 0. The van der Waals surface area contributed by atoms with Crippen LogP contribution in [0.4, 0.5) is 4.53 Å². The van der Waals surface area contributed by atoms with E-state index in [2.05, 4.69) is 4.63 Å². The van der Waals surface area contributed by atoms with Crippen molar-refractivity contribution in [3.8, 4) is 0 Å². The van der Waals surface area contributed by atoms with Gasteiger partial charge in [-0.25, -0.2) is 0 Å². The van der Waals surface area contributed by atoms with E-state index in [-0.39, 0.29) is 43.3 Å². The molecule has 1 N–H and O–H groups in total. The molecule has 0 rings (SSSR count). The van der Waals surface area contributed by atoms with Crippen LogP contribution in [0, 0.1) is 0 Å². The Morgan fingerprint density at radius 3 is 2.00 bits per heavy atom. The first-order chi connectivity index (χ1) is 2.27. The maximum absolute atomic E-state index is 10.1. The summed E-state index contributed by atoms with van der Waals surface area (Å²) < 4.78 is 21.4. The zero-order valence-electron chi connectivity index (χ0n) is 4.85. The minimum Gasteiger partial charge on any atom is -1.00 e. The van der Waals surface area contributed by atoms with E-state index >= 15 is 0 Å². The van der Waals surface area contributed by atoms with Gasteiger partial charge < -0.3 is 7.65 Å². The van der Waals surface area contributed by atoms with Crippen LogP contribution >= 0.6 is 0 Å². The molecule has 0 aliphatic heterocycles. The smallest absolute Gasteiger partial charge is 1.00 e. The molecule has 7 heteroatoms. The molecule has 0 aromatic heterocycles. The van der Waals surface area contributed by atoms with Gasteiger partial charge in [-0.3, -0.25) is 9.09 Å². The van der Waals surface area contributed by atoms with Crippen molar-refractivity contribution < 1.29 is 21.3 Å². The van der Waals surface area contributed by atoms with Gasteiger partial charge in [-0.05, 0) is 0 Å². The van der Waals surface area contributed by atoms with Gasteiger partial charge in [-0.1, -0.05) is 0 Å². The summed E-state index contributed by atoms with van der Waals surface area (Å²) >= 11 is 0. The normalized spacial score (nSPS) is 4.71. The fourth-order valence-corrected chi connectivity index (χ4v) is 0. The summed E-state index contributed by atoms with van der Waals surface area (Å²) in [5.41, 5.74) is 0. The van der Waals surface area contributed by atoms with Gasteiger partial charge in [-0.15, -0.1) is 0 Å². The first-order valence-electron chi connectivity index (χ1n) is 0.786. The molecule has 7 heavy (non-hydrogen) atoms. The van der Waals surface area contributed by atoms with Gasteiger partial charge in [0.1, 0.15) is 0 Å². The summed E-state index contributed by atoms with van der Waals surface area (Å²) in [7, 11) is -3.29. The van der Waals surface area contributed by atoms with Gasteiger partial charge in [-0.2, -0.15) is 0 Å². The van der Waals surface area contributed by atoms with Crippen molar-refractivity contribution in [1.82, 2.24) is 0 Å². The Morgan fingerprint density at radius 1 is 1.86 bits per heavy atom. The minimum atomic E-state index is -3.29. The molecule has 0 fully saturated rings. The minimum absolute atomic E-state index is 0. The first-order valence-corrected chi connectivity index (χ1v) is 2.05. The molecule has 0 heterocycles. The predicted molar refractivity (Wildman–Crippen MR) is 28.8 cm³/mol. The van der Waals surface area contributed by atoms with Crippen LogP contribution in [0.25, 0.3) is 0 Å². The van der Waals surface area contributed by atoms with Crippen molar-refractivity contribution in [2.75, 3.05) is 0 Å². The van der Waals surface area contributed by atoms with Gasteiger partial charge in [0.25, 0.3) is 0 Å². The topological polar surface area (TPSA) is 46.5 Å². The second-order valence-corrected chi connectivity index (χ2v) is 1.03. The Balaban J connectivity index is -0.0000000133. The predicted octanol–water partition coefficient (Wildman–Crippen LogP) is -2.04. The van der Waals surface area contributed by atoms with E-state index in [4.69, 9.17) is 9.26 Å². The molecular weight excluding hydrogens is 146 g/mol. The molecule has 0 radical (unpaired) electrons. The molecule has 0 amide bonds. The average Bonchev–Trinajstić information content (AvgIpc) is 1.38. The molecule has 0 aromatic carbocycles. The summed E-state index contributed by atoms with van der Waals surface area (Å²) in [5, 5.41) is 0. The Morgan fingerprint density at radius 2 is 2.00 bits per heavy atom. The summed E-state index contributed by atoms with van der Waals surface area (Å²) in [6.45, 7) is 0. The quantitative estimate of drug-likeness (QED) is 0.440. The van der Waals surface area contributed by atoms with Crippen molar-refractivity contribution in [2.24, 2.45) is 0 Å². The molecule has 0 spiro atoms. The zero-order valence-corrected chi connectivity index (χ0v) is 5.26. The van der Waals surface area contributed by atoms with Gasteiger partial charge in [0.05, 0.1) is 0 Å². The van der Waals surface area contributed by atoms with Crippen molar-refractivity contribution in [3.05, 3.63) is 0 Å². The van der Waals surface area contributed by atoms with Crippen LogP contribution in [-0.2, 0) is 9.09 Å². The molecular formula is H6AlFMgO3Si. The Labute approximate surface area is 70.9 Å². The molecule has 3 nitrogen and oxygen atoms in total. The summed E-state index contributed by atoms with van der Waals surface area (Å²) in [6.07, 6.45) is 0. The molecule has 0 atom stereocenters. The Bertz CT molecular complexity index is 57.1. The molecule has 0 aromatic rings. The fraction of sp³-hybridized carbons (Fsp3) is 0. The van der Waals surface area contributed by atoms with Crippen LogP contribution in [0.1, 0.15) is 2.85 Å². The molecule has 0 saturated heterocycles. The van der Waals surface area contributed by atoms with Gasteiger partial charge in [0.15, 0.2) is 17.4 Å². The Kier molecular flexibility index (Phi) is 22.3. The second kappa shape index (κ2) is 9.96. The number of hydrogen-bond acceptors (Lipinski definition) is 2. The fourth-order valence-electron chi connectivity index (χ4n) is 0. The van der Waals surface area contributed by atoms with E-state index in [9.17, 15) is 4.53 Å². The van der Waals surface area contributed by atoms with Crippen molar-refractivity contribution >= 4 is 49.6 Å². The van der Waals surface area contributed by atoms with Crippen LogP contribution < -0.4 is 0 Å².